The molecule has 0 amide bonds. The van der Waals surface area contributed by atoms with Gasteiger partial charge < -0.3 is 10.2 Å². The Morgan fingerprint density at radius 3 is 0.710 bits per heavy atom. The molecule has 2 radical (unpaired) electrons. The van der Waals surface area contributed by atoms with Gasteiger partial charge in [0, 0.05) is 0 Å². The second-order valence-electron chi connectivity index (χ2n) is 12.4. The Kier molecular flexibility index (Phi) is 9.92. The van der Waals surface area contributed by atoms with Crippen LogP contribution in [0.4, 0.5) is 0 Å². The Bertz CT molecular complexity index is 717. The van der Waals surface area contributed by atoms with Gasteiger partial charge in [0.1, 0.15) is 0 Å². The summed E-state index contributed by atoms with van der Waals surface area (Å²) < 4.78 is 0. The van der Waals surface area contributed by atoms with Gasteiger partial charge in [-0.2, -0.15) is 0 Å². The van der Waals surface area contributed by atoms with Crippen molar-refractivity contribution in [3.8, 4) is 11.5 Å². The summed E-state index contributed by atoms with van der Waals surface area (Å²) in [5, 5.41) is 24.5. The first kappa shape index (κ1) is 30.0. The number of para-hydroxylation sites is 2. The zero-order chi connectivity index (χ0) is 23.7. The average molecular weight is 618 g/mol. The minimum atomic E-state index is -0.0711. The first-order valence-corrected chi connectivity index (χ1v) is 10.9. The Morgan fingerprint density at radius 1 is 0.419 bits per heavy atom. The van der Waals surface area contributed by atoms with Gasteiger partial charge in [0.25, 0.3) is 0 Å². The van der Waals surface area contributed by atoms with E-state index in [1.165, 1.54) is 0 Å². The zero-order valence-electron chi connectivity index (χ0n) is 21.8. The van der Waals surface area contributed by atoms with Crippen LogP contribution in [-0.4, -0.2) is 27.3 Å². The van der Waals surface area contributed by atoms with Crippen LogP contribution >= 0.6 is 0 Å². The van der Waals surface area contributed by atoms with E-state index in [9.17, 15) is 10.2 Å². The molecule has 0 bridgehead atoms. The van der Waals surface area contributed by atoms with Crippen molar-refractivity contribution >= 4 is 27.3 Å². The van der Waals surface area contributed by atoms with E-state index in [1.54, 1.807) is 0 Å². The molecule has 0 atom stereocenters. The molecule has 0 N–H and O–H groups in total. The minimum absolute atomic E-state index is 0. The summed E-state index contributed by atoms with van der Waals surface area (Å²) >= 11 is 0. The van der Waals surface area contributed by atoms with Gasteiger partial charge in [-0.15, -0.1) is 11.5 Å². The zero-order valence-corrected chi connectivity index (χ0v) is 25.7. The monoisotopic (exact) mass is 618 g/mol. The molecular formula is C28H42O2Pb. The molecule has 2 rings (SSSR count). The van der Waals surface area contributed by atoms with Crippen molar-refractivity contribution in [3.05, 3.63) is 58.7 Å². The third-order valence-corrected chi connectivity index (χ3v) is 5.26. The Morgan fingerprint density at radius 2 is 0.581 bits per heavy atom. The number of rotatable bonds is 0. The summed E-state index contributed by atoms with van der Waals surface area (Å²) in [7, 11) is 0. The quantitative estimate of drug-likeness (QED) is 0.325. The molecule has 0 saturated carbocycles. The van der Waals surface area contributed by atoms with E-state index in [2.05, 4.69) is 83.1 Å². The van der Waals surface area contributed by atoms with Crippen LogP contribution in [0, 0.1) is 0 Å². The fraction of sp³-hybridized carbons (Fsp3) is 0.571. The average Bonchev–Trinajstić information content (AvgIpc) is 2.51. The van der Waals surface area contributed by atoms with Gasteiger partial charge in [0.15, 0.2) is 0 Å². The number of benzene rings is 2. The molecule has 170 valence electrons. The standard InChI is InChI=1S/2C14H22O.Pb/c2*1-13(2,3)10-8-7-9-11(12(10)15)14(4,5)6;/h2*7-9,15H,1-6H3;/q;;+2/p-2. The summed E-state index contributed by atoms with van der Waals surface area (Å²) in [5.74, 6) is 0.412. The molecule has 0 aliphatic carbocycles. The van der Waals surface area contributed by atoms with Crippen molar-refractivity contribution in [2.45, 2.75) is 105 Å². The molecule has 31 heavy (non-hydrogen) atoms. The van der Waals surface area contributed by atoms with E-state index in [0.29, 0.717) is 0 Å². The summed E-state index contributed by atoms with van der Waals surface area (Å²) in [4.78, 5) is 0. The molecule has 2 aromatic rings. The molecule has 0 aliphatic heterocycles. The van der Waals surface area contributed by atoms with E-state index < -0.39 is 0 Å². The van der Waals surface area contributed by atoms with E-state index in [0.717, 1.165) is 22.3 Å². The predicted octanol–water partition coefficient (Wildman–Crippen LogP) is 6.33. The molecule has 0 aliphatic rings. The Labute approximate surface area is 211 Å². The van der Waals surface area contributed by atoms with Crippen LogP contribution in [0.3, 0.4) is 0 Å². The van der Waals surface area contributed by atoms with Crippen molar-refractivity contribution in [1.29, 1.82) is 0 Å². The fourth-order valence-electron chi connectivity index (χ4n) is 3.44. The molecule has 0 heterocycles. The van der Waals surface area contributed by atoms with Gasteiger partial charge in [0.05, 0.1) is 0 Å². The van der Waals surface area contributed by atoms with E-state index in [1.807, 2.05) is 36.4 Å². The maximum Gasteiger partial charge on any atom is 2.00 e. The summed E-state index contributed by atoms with van der Waals surface area (Å²) in [6.45, 7) is 25.0. The van der Waals surface area contributed by atoms with Crippen LogP contribution in [-0.2, 0) is 21.7 Å². The topological polar surface area (TPSA) is 46.1 Å². The SMILES string of the molecule is CC(C)(C)c1cccc(C(C)(C)C)c1[O-].CC(C)(C)c1cccc(C(C)(C)C)c1[O-].[Pb+2]. The summed E-state index contributed by atoms with van der Waals surface area (Å²) in [6, 6.07) is 11.7. The van der Waals surface area contributed by atoms with Crippen LogP contribution in [0.5, 0.6) is 11.5 Å². The fourth-order valence-corrected chi connectivity index (χ4v) is 3.44. The maximum atomic E-state index is 12.3. The largest absolute Gasteiger partial charge is 2.00 e. The van der Waals surface area contributed by atoms with Crippen molar-refractivity contribution in [2.24, 2.45) is 0 Å². The Balaban J connectivity index is 0.000000562. The predicted molar refractivity (Wildman–Crippen MR) is 132 cm³/mol. The van der Waals surface area contributed by atoms with Gasteiger partial charge in [0.2, 0.25) is 0 Å². The summed E-state index contributed by atoms with van der Waals surface area (Å²) in [5.41, 5.74) is 3.36. The van der Waals surface area contributed by atoms with E-state index >= 15 is 0 Å². The van der Waals surface area contributed by atoms with Crippen LogP contribution in [0.2, 0.25) is 0 Å². The molecule has 3 heteroatoms. The maximum absolute atomic E-state index is 12.3. The molecule has 0 saturated heterocycles. The smallest absolute Gasteiger partial charge is 0.872 e. The minimum Gasteiger partial charge on any atom is -0.872 e. The Hall–Kier alpha value is -1.04. The molecule has 0 aromatic heterocycles. The third kappa shape index (κ3) is 8.11. The van der Waals surface area contributed by atoms with E-state index in [-0.39, 0.29) is 60.5 Å². The van der Waals surface area contributed by atoms with Crippen molar-refractivity contribution in [1.82, 2.24) is 0 Å². The van der Waals surface area contributed by atoms with Crippen LogP contribution in [0.1, 0.15) is 105 Å². The number of hydrogen-bond donors (Lipinski definition) is 0. The van der Waals surface area contributed by atoms with Crippen LogP contribution < -0.4 is 10.2 Å². The first-order valence-electron chi connectivity index (χ1n) is 10.9. The normalized spacial score (nSPS) is 12.5. The van der Waals surface area contributed by atoms with Crippen LogP contribution in [0.25, 0.3) is 0 Å². The summed E-state index contributed by atoms with van der Waals surface area (Å²) in [6.07, 6.45) is 0. The molecule has 2 aromatic carbocycles. The molecule has 2 nitrogen and oxygen atoms in total. The first-order chi connectivity index (χ1) is 13.3. The van der Waals surface area contributed by atoms with Gasteiger partial charge >= 0.3 is 27.3 Å². The van der Waals surface area contributed by atoms with Crippen LogP contribution in [0.15, 0.2) is 36.4 Å². The molecular weight excluding hydrogens is 576 g/mol. The van der Waals surface area contributed by atoms with Gasteiger partial charge in [-0.1, -0.05) is 142 Å². The van der Waals surface area contributed by atoms with Gasteiger partial charge in [-0.05, 0) is 21.7 Å². The van der Waals surface area contributed by atoms with Gasteiger partial charge in [-0.3, -0.25) is 0 Å². The second kappa shape index (κ2) is 10.3. The number of hydrogen-bond acceptors (Lipinski definition) is 2. The van der Waals surface area contributed by atoms with Crippen molar-refractivity contribution in [2.75, 3.05) is 0 Å². The van der Waals surface area contributed by atoms with E-state index in [4.69, 9.17) is 0 Å². The molecule has 0 unspecified atom stereocenters. The third-order valence-electron chi connectivity index (χ3n) is 5.26. The van der Waals surface area contributed by atoms with Crippen molar-refractivity contribution < 1.29 is 10.2 Å². The molecule has 0 spiro atoms. The molecule has 0 fully saturated rings. The van der Waals surface area contributed by atoms with Gasteiger partial charge in [-0.25, -0.2) is 0 Å². The second-order valence-corrected chi connectivity index (χ2v) is 12.4. The van der Waals surface area contributed by atoms with Crippen molar-refractivity contribution in [3.63, 3.8) is 0 Å².